The van der Waals surface area contributed by atoms with Gasteiger partial charge in [-0.3, -0.25) is 0 Å². The number of halogens is 3. The molecule has 0 saturated carbocycles. The van der Waals surface area contributed by atoms with Crippen molar-refractivity contribution >= 4 is 5.97 Å². The van der Waals surface area contributed by atoms with Gasteiger partial charge in [-0.25, -0.2) is 4.79 Å². The van der Waals surface area contributed by atoms with Crippen LogP contribution < -0.4 is 4.74 Å². The largest absolute Gasteiger partial charge is 0.573 e. The number of carbonyl (C=O) groups excluding carboxylic acids is 1. The monoisotopic (exact) mass is 310 g/mol. The van der Waals surface area contributed by atoms with E-state index in [4.69, 9.17) is 0 Å². The highest BCUT2D eigenvalue weighted by Crippen LogP contribution is 2.34. The molecule has 0 fully saturated rings. The quantitative estimate of drug-likeness (QED) is 0.791. The minimum absolute atomic E-state index is 0.235. The number of esters is 1. The maximum absolute atomic E-state index is 12.5. The summed E-state index contributed by atoms with van der Waals surface area (Å²) in [4.78, 5) is 11.9. The molecule has 0 saturated heterocycles. The minimum atomic E-state index is -4.89. The second-order valence-electron chi connectivity index (χ2n) is 4.52. The number of rotatable bonds is 3. The second kappa shape index (κ2) is 6.09. The van der Waals surface area contributed by atoms with Crippen LogP contribution in [0.5, 0.6) is 5.75 Å². The molecule has 3 nitrogen and oxygen atoms in total. The highest BCUT2D eigenvalue weighted by atomic mass is 19.4. The summed E-state index contributed by atoms with van der Waals surface area (Å²) >= 11 is 0. The molecular formula is C16H13F3O3. The van der Waals surface area contributed by atoms with Gasteiger partial charge in [-0.15, -0.1) is 13.2 Å². The lowest BCUT2D eigenvalue weighted by molar-refractivity contribution is -0.274. The van der Waals surface area contributed by atoms with Gasteiger partial charge in [-0.05, 0) is 29.7 Å². The van der Waals surface area contributed by atoms with E-state index in [2.05, 4.69) is 9.47 Å². The van der Waals surface area contributed by atoms with Crippen molar-refractivity contribution < 1.29 is 27.4 Å². The molecule has 2 aromatic carbocycles. The number of carbonyl (C=O) groups is 1. The molecule has 0 aromatic heterocycles. The smallest absolute Gasteiger partial charge is 0.465 e. The topological polar surface area (TPSA) is 35.5 Å². The lowest BCUT2D eigenvalue weighted by Gasteiger charge is -2.16. The first-order valence-electron chi connectivity index (χ1n) is 6.36. The van der Waals surface area contributed by atoms with Gasteiger partial charge >= 0.3 is 12.3 Å². The Bertz CT molecular complexity index is 679. The molecule has 6 heteroatoms. The van der Waals surface area contributed by atoms with Crippen LogP contribution in [0.25, 0.3) is 11.1 Å². The molecule has 2 aromatic rings. The number of hydrogen-bond acceptors (Lipinski definition) is 3. The Morgan fingerprint density at radius 1 is 1.05 bits per heavy atom. The third kappa shape index (κ3) is 3.39. The lowest BCUT2D eigenvalue weighted by atomic mass is 9.95. The third-order valence-corrected chi connectivity index (χ3v) is 3.13. The van der Waals surface area contributed by atoms with Crippen molar-refractivity contribution in [2.24, 2.45) is 0 Å². The van der Waals surface area contributed by atoms with Crippen LogP contribution in [0, 0.1) is 6.92 Å². The molecule has 22 heavy (non-hydrogen) atoms. The van der Waals surface area contributed by atoms with Crippen molar-refractivity contribution in [3.63, 3.8) is 0 Å². The van der Waals surface area contributed by atoms with Crippen LogP contribution in [-0.2, 0) is 4.74 Å². The Labute approximate surface area is 125 Å². The van der Waals surface area contributed by atoms with Crippen molar-refractivity contribution in [3.8, 4) is 16.9 Å². The predicted molar refractivity (Wildman–Crippen MR) is 74.6 cm³/mol. The van der Waals surface area contributed by atoms with Crippen LogP contribution in [0.1, 0.15) is 15.9 Å². The normalized spacial score (nSPS) is 11.1. The van der Waals surface area contributed by atoms with E-state index in [-0.39, 0.29) is 5.56 Å². The predicted octanol–water partition coefficient (Wildman–Crippen LogP) is 4.35. The SMILES string of the molecule is COC(=O)c1c(OC(F)(F)F)ccc(-c2ccccc2)c1C. The van der Waals surface area contributed by atoms with Crippen molar-refractivity contribution in [3.05, 3.63) is 53.6 Å². The minimum Gasteiger partial charge on any atom is -0.465 e. The highest BCUT2D eigenvalue weighted by molar-refractivity contribution is 5.96. The fourth-order valence-corrected chi connectivity index (χ4v) is 2.18. The summed E-state index contributed by atoms with van der Waals surface area (Å²) in [6, 6.07) is 11.6. The van der Waals surface area contributed by atoms with E-state index in [1.807, 2.05) is 6.07 Å². The average molecular weight is 310 g/mol. The van der Waals surface area contributed by atoms with E-state index in [0.717, 1.165) is 18.7 Å². The molecule has 0 spiro atoms. The van der Waals surface area contributed by atoms with E-state index < -0.39 is 18.1 Å². The Balaban J connectivity index is 2.60. The molecular weight excluding hydrogens is 297 g/mol. The van der Waals surface area contributed by atoms with Gasteiger partial charge in [0.2, 0.25) is 0 Å². The third-order valence-electron chi connectivity index (χ3n) is 3.13. The highest BCUT2D eigenvalue weighted by Gasteiger charge is 2.34. The average Bonchev–Trinajstić information content (AvgIpc) is 2.46. The van der Waals surface area contributed by atoms with Crippen molar-refractivity contribution in [2.75, 3.05) is 7.11 Å². The Morgan fingerprint density at radius 3 is 2.23 bits per heavy atom. The summed E-state index contributed by atoms with van der Waals surface area (Å²) in [5, 5.41) is 0. The van der Waals surface area contributed by atoms with E-state index >= 15 is 0 Å². The Hall–Kier alpha value is -2.50. The van der Waals surface area contributed by atoms with Crippen LogP contribution in [0.15, 0.2) is 42.5 Å². The zero-order valence-corrected chi connectivity index (χ0v) is 11.9. The summed E-state index contributed by atoms with van der Waals surface area (Å²) in [6.45, 7) is 1.55. The standard InChI is InChI=1S/C16H13F3O3/c1-10-12(11-6-4-3-5-7-11)8-9-13(22-16(17,18)19)14(10)15(20)21-2/h3-9H,1-2H3. The first-order chi connectivity index (χ1) is 10.3. The first kappa shape index (κ1) is 15.9. The fraction of sp³-hybridized carbons (Fsp3) is 0.188. The Morgan fingerprint density at radius 2 is 1.68 bits per heavy atom. The molecule has 0 heterocycles. The number of methoxy groups -OCH3 is 1. The summed E-state index contributed by atoms with van der Waals surface area (Å²) in [5.41, 5.74) is 1.54. The van der Waals surface area contributed by atoms with E-state index in [9.17, 15) is 18.0 Å². The molecule has 0 radical (unpaired) electrons. The number of ether oxygens (including phenoxy) is 2. The van der Waals surface area contributed by atoms with E-state index in [1.165, 1.54) is 6.07 Å². The molecule has 0 N–H and O–H groups in total. The molecule has 116 valence electrons. The van der Waals surface area contributed by atoms with Gasteiger partial charge in [0.1, 0.15) is 11.3 Å². The zero-order valence-electron chi connectivity index (χ0n) is 11.9. The molecule has 0 atom stereocenters. The van der Waals surface area contributed by atoms with Crippen molar-refractivity contribution in [1.29, 1.82) is 0 Å². The van der Waals surface area contributed by atoms with Crippen LogP contribution in [-0.4, -0.2) is 19.4 Å². The Kier molecular flexibility index (Phi) is 4.40. The summed E-state index contributed by atoms with van der Waals surface area (Å²) in [5.74, 6) is -1.45. The molecule has 2 rings (SSSR count). The number of alkyl halides is 3. The molecule has 0 amide bonds. The molecule has 0 bridgehead atoms. The second-order valence-corrected chi connectivity index (χ2v) is 4.52. The molecule has 0 aliphatic rings. The van der Waals surface area contributed by atoms with Gasteiger partial charge < -0.3 is 9.47 Å². The fourth-order valence-electron chi connectivity index (χ4n) is 2.18. The van der Waals surface area contributed by atoms with Gasteiger partial charge in [0, 0.05) is 0 Å². The first-order valence-corrected chi connectivity index (χ1v) is 6.36. The van der Waals surface area contributed by atoms with Gasteiger partial charge in [-0.2, -0.15) is 0 Å². The van der Waals surface area contributed by atoms with Crippen LogP contribution >= 0.6 is 0 Å². The van der Waals surface area contributed by atoms with Gasteiger partial charge in [-0.1, -0.05) is 36.4 Å². The van der Waals surface area contributed by atoms with Crippen LogP contribution in [0.3, 0.4) is 0 Å². The maximum Gasteiger partial charge on any atom is 0.573 e. The van der Waals surface area contributed by atoms with Gasteiger partial charge in [0.05, 0.1) is 7.11 Å². The van der Waals surface area contributed by atoms with E-state index in [0.29, 0.717) is 11.1 Å². The lowest BCUT2D eigenvalue weighted by Crippen LogP contribution is -2.20. The number of hydrogen-bond donors (Lipinski definition) is 0. The number of benzene rings is 2. The van der Waals surface area contributed by atoms with Crippen LogP contribution in [0.4, 0.5) is 13.2 Å². The summed E-state index contributed by atoms with van der Waals surface area (Å²) in [6.07, 6.45) is -4.89. The van der Waals surface area contributed by atoms with Gasteiger partial charge in [0.15, 0.2) is 0 Å². The van der Waals surface area contributed by atoms with Crippen LogP contribution in [0.2, 0.25) is 0 Å². The molecule has 0 aliphatic heterocycles. The molecule has 0 unspecified atom stereocenters. The zero-order chi connectivity index (χ0) is 16.3. The van der Waals surface area contributed by atoms with Crippen molar-refractivity contribution in [2.45, 2.75) is 13.3 Å². The summed E-state index contributed by atoms with van der Waals surface area (Å²) < 4.78 is 45.9. The summed E-state index contributed by atoms with van der Waals surface area (Å²) in [7, 11) is 1.11. The van der Waals surface area contributed by atoms with Crippen molar-refractivity contribution in [1.82, 2.24) is 0 Å². The van der Waals surface area contributed by atoms with Gasteiger partial charge in [0.25, 0.3) is 0 Å². The molecule has 0 aliphatic carbocycles. The van der Waals surface area contributed by atoms with E-state index in [1.54, 1.807) is 31.2 Å². The maximum atomic E-state index is 12.5.